The fourth-order valence-corrected chi connectivity index (χ4v) is 2.21. The van der Waals surface area contributed by atoms with Crippen molar-refractivity contribution in [2.75, 3.05) is 26.0 Å². The van der Waals surface area contributed by atoms with Crippen molar-refractivity contribution in [3.05, 3.63) is 47.7 Å². The van der Waals surface area contributed by atoms with Gasteiger partial charge in [-0.15, -0.1) is 10.2 Å². The first-order valence-corrected chi connectivity index (χ1v) is 6.69. The minimum absolute atomic E-state index is 0.0471. The van der Waals surface area contributed by atoms with E-state index >= 15 is 0 Å². The first kappa shape index (κ1) is 13.4. The van der Waals surface area contributed by atoms with Gasteiger partial charge >= 0.3 is 0 Å². The molecule has 1 amide bonds. The predicted molar refractivity (Wildman–Crippen MR) is 78.4 cm³/mol. The fourth-order valence-electron chi connectivity index (χ4n) is 2.21. The third-order valence-corrected chi connectivity index (χ3v) is 3.31. The van der Waals surface area contributed by atoms with Crippen molar-refractivity contribution in [2.45, 2.75) is 6.04 Å². The smallest absolute Gasteiger partial charge is 0.273 e. The van der Waals surface area contributed by atoms with Gasteiger partial charge in [0.1, 0.15) is 18.2 Å². The summed E-state index contributed by atoms with van der Waals surface area (Å²) in [6.45, 7) is 0.555. The lowest BCUT2D eigenvalue weighted by Crippen LogP contribution is -2.23. The second-order valence-electron chi connectivity index (χ2n) is 5.05. The van der Waals surface area contributed by atoms with Gasteiger partial charge in [-0.3, -0.25) is 4.79 Å². The van der Waals surface area contributed by atoms with Gasteiger partial charge in [-0.2, -0.15) is 0 Å². The minimum Gasteiger partial charge on any atom is -0.491 e. The maximum absolute atomic E-state index is 11.7. The molecular formula is C15H16N4O2. The Morgan fingerprint density at radius 3 is 2.76 bits per heavy atom. The van der Waals surface area contributed by atoms with E-state index in [0.717, 1.165) is 11.3 Å². The van der Waals surface area contributed by atoms with Crippen LogP contribution in [0.25, 0.3) is 0 Å². The molecule has 3 rings (SSSR count). The second-order valence-corrected chi connectivity index (χ2v) is 5.05. The number of ether oxygens (including phenoxy) is 1. The van der Waals surface area contributed by atoms with Crippen molar-refractivity contribution in [1.82, 2.24) is 15.1 Å². The van der Waals surface area contributed by atoms with Crippen LogP contribution in [0.15, 0.2) is 36.4 Å². The lowest BCUT2D eigenvalue weighted by Gasteiger charge is -2.13. The number of carbonyl (C=O) groups excluding carboxylic acids is 1. The summed E-state index contributed by atoms with van der Waals surface area (Å²) in [6, 6.07) is 11.4. The number of aromatic nitrogens is 2. The minimum atomic E-state index is -0.163. The number of hydrogen-bond donors (Lipinski definition) is 1. The molecule has 108 valence electrons. The molecule has 6 heteroatoms. The topological polar surface area (TPSA) is 67.4 Å². The summed E-state index contributed by atoms with van der Waals surface area (Å²) in [4.78, 5) is 13.2. The zero-order valence-corrected chi connectivity index (χ0v) is 11.9. The van der Waals surface area contributed by atoms with Crippen molar-refractivity contribution >= 4 is 11.7 Å². The highest BCUT2D eigenvalue weighted by molar-refractivity contribution is 5.91. The molecular weight excluding hydrogens is 268 g/mol. The zero-order chi connectivity index (χ0) is 14.8. The van der Waals surface area contributed by atoms with Crippen LogP contribution < -0.4 is 10.1 Å². The van der Waals surface area contributed by atoms with Crippen molar-refractivity contribution < 1.29 is 9.53 Å². The molecule has 1 unspecified atom stereocenters. The molecule has 2 aromatic rings. The molecule has 1 N–H and O–H groups in total. The molecule has 1 aliphatic heterocycles. The van der Waals surface area contributed by atoms with Gasteiger partial charge in [0.25, 0.3) is 5.91 Å². The maximum Gasteiger partial charge on any atom is 0.273 e. The van der Waals surface area contributed by atoms with Crippen LogP contribution in [0.2, 0.25) is 0 Å². The van der Waals surface area contributed by atoms with Gasteiger partial charge in [0, 0.05) is 19.7 Å². The molecule has 0 saturated heterocycles. The molecule has 0 radical (unpaired) electrons. The standard InChI is InChI=1S/C15H16N4O2/c1-19(2)15(20)11-7-8-14(18-17-11)16-12-9-21-13-6-4-3-5-10(12)13/h3-8,12H,9H2,1-2H3,(H,16,18). The normalized spacial score (nSPS) is 16.0. The van der Waals surface area contributed by atoms with Gasteiger partial charge in [-0.05, 0) is 18.2 Å². The number of hydrogen-bond acceptors (Lipinski definition) is 5. The van der Waals surface area contributed by atoms with Gasteiger partial charge < -0.3 is 15.0 Å². The average Bonchev–Trinajstić information content (AvgIpc) is 2.91. The van der Waals surface area contributed by atoms with E-state index in [9.17, 15) is 4.79 Å². The van der Waals surface area contributed by atoms with Gasteiger partial charge in [-0.1, -0.05) is 18.2 Å². The van der Waals surface area contributed by atoms with Crippen LogP contribution in [-0.2, 0) is 0 Å². The van der Waals surface area contributed by atoms with E-state index in [2.05, 4.69) is 15.5 Å². The van der Waals surface area contributed by atoms with Crippen molar-refractivity contribution in [1.29, 1.82) is 0 Å². The Morgan fingerprint density at radius 2 is 2.05 bits per heavy atom. The van der Waals surface area contributed by atoms with Gasteiger partial charge in [0.15, 0.2) is 5.69 Å². The zero-order valence-electron chi connectivity index (χ0n) is 11.9. The van der Waals surface area contributed by atoms with Crippen LogP contribution in [0.4, 0.5) is 5.82 Å². The van der Waals surface area contributed by atoms with E-state index in [0.29, 0.717) is 18.1 Å². The number of nitrogens with one attached hydrogen (secondary N) is 1. The number of amides is 1. The lowest BCUT2D eigenvalue weighted by molar-refractivity contribution is 0.0821. The van der Waals surface area contributed by atoms with E-state index in [4.69, 9.17) is 4.74 Å². The number of benzene rings is 1. The van der Waals surface area contributed by atoms with Crippen molar-refractivity contribution in [3.63, 3.8) is 0 Å². The molecule has 0 saturated carbocycles. The van der Waals surface area contributed by atoms with Crippen LogP contribution in [0, 0.1) is 0 Å². The Balaban J connectivity index is 1.74. The Bertz CT molecular complexity index is 655. The van der Waals surface area contributed by atoms with E-state index in [1.807, 2.05) is 24.3 Å². The summed E-state index contributed by atoms with van der Waals surface area (Å²) in [5.41, 5.74) is 1.43. The Kier molecular flexibility index (Phi) is 3.43. The highest BCUT2D eigenvalue weighted by Gasteiger charge is 2.23. The average molecular weight is 284 g/mol. The van der Waals surface area contributed by atoms with Crippen molar-refractivity contribution in [2.24, 2.45) is 0 Å². The van der Waals surface area contributed by atoms with E-state index < -0.39 is 0 Å². The summed E-state index contributed by atoms with van der Waals surface area (Å²) in [5.74, 6) is 1.35. The van der Waals surface area contributed by atoms with Gasteiger partial charge in [-0.25, -0.2) is 0 Å². The molecule has 0 fully saturated rings. The molecule has 0 bridgehead atoms. The summed E-state index contributed by atoms with van der Waals surface area (Å²) >= 11 is 0. The monoisotopic (exact) mass is 284 g/mol. The number of fused-ring (bicyclic) bond motifs is 1. The Hall–Kier alpha value is -2.63. The highest BCUT2D eigenvalue weighted by Crippen LogP contribution is 2.33. The largest absolute Gasteiger partial charge is 0.491 e. The fraction of sp³-hybridized carbons (Fsp3) is 0.267. The van der Waals surface area contributed by atoms with Gasteiger partial charge in [0.05, 0.1) is 6.04 Å². The first-order valence-electron chi connectivity index (χ1n) is 6.69. The quantitative estimate of drug-likeness (QED) is 0.929. The van der Waals surface area contributed by atoms with E-state index in [1.165, 1.54) is 4.90 Å². The summed E-state index contributed by atoms with van der Waals surface area (Å²) in [7, 11) is 3.37. The van der Waals surface area contributed by atoms with E-state index in [-0.39, 0.29) is 11.9 Å². The van der Waals surface area contributed by atoms with Gasteiger partial charge in [0.2, 0.25) is 0 Å². The number of carbonyl (C=O) groups is 1. The first-order chi connectivity index (χ1) is 10.1. The molecule has 6 nitrogen and oxygen atoms in total. The molecule has 1 aromatic heterocycles. The highest BCUT2D eigenvalue weighted by atomic mass is 16.5. The van der Waals surface area contributed by atoms with Crippen LogP contribution in [0.1, 0.15) is 22.1 Å². The number of anilines is 1. The molecule has 0 aliphatic carbocycles. The molecule has 2 heterocycles. The third-order valence-electron chi connectivity index (χ3n) is 3.31. The molecule has 0 spiro atoms. The summed E-state index contributed by atoms with van der Waals surface area (Å²) < 4.78 is 5.61. The third kappa shape index (κ3) is 2.65. The Morgan fingerprint density at radius 1 is 1.24 bits per heavy atom. The summed E-state index contributed by atoms with van der Waals surface area (Å²) in [6.07, 6.45) is 0. The summed E-state index contributed by atoms with van der Waals surface area (Å²) in [5, 5.41) is 11.3. The SMILES string of the molecule is CN(C)C(=O)c1ccc(NC2COc3ccccc32)nn1. The van der Waals surface area contributed by atoms with E-state index in [1.54, 1.807) is 26.2 Å². The molecule has 1 aromatic carbocycles. The van der Waals surface area contributed by atoms with Crippen LogP contribution in [0.5, 0.6) is 5.75 Å². The second kappa shape index (κ2) is 5.40. The van der Waals surface area contributed by atoms with Crippen LogP contribution >= 0.6 is 0 Å². The number of rotatable bonds is 3. The van der Waals surface area contributed by atoms with Crippen LogP contribution in [0.3, 0.4) is 0 Å². The molecule has 21 heavy (non-hydrogen) atoms. The predicted octanol–water partition coefficient (Wildman–Crippen LogP) is 1.72. The number of nitrogens with zero attached hydrogens (tertiary/aromatic N) is 3. The molecule has 1 atom stereocenters. The Labute approximate surface area is 122 Å². The van der Waals surface area contributed by atoms with Crippen molar-refractivity contribution in [3.8, 4) is 5.75 Å². The molecule has 1 aliphatic rings. The van der Waals surface area contributed by atoms with Crippen LogP contribution in [-0.4, -0.2) is 41.7 Å². The maximum atomic E-state index is 11.7. The lowest BCUT2D eigenvalue weighted by atomic mass is 10.1. The number of para-hydroxylation sites is 1.